The van der Waals surface area contributed by atoms with Crippen LogP contribution in [0, 0.1) is 5.92 Å². The second-order valence-electron chi connectivity index (χ2n) is 4.98. The predicted molar refractivity (Wildman–Crippen MR) is 66.5 cm³/mol. The van der Waals surface area contributed by atoms with E-state index in [1.807, 2.05) is 0 Å². The number of nitrogens with two attached hydrogens (primary N) is 1. The maximum absolute atomic E-state index is 12.9. The SMILES string of the molecule is NC(CC1CCOCC1)c1ccccc1C(F)(F)F. The van der Waals surface area contributed by atoms with E-state index in [0.29, 0.717) is 25.6 Å². The molecular formula is C14H18F3NO. The van der Waals surface area contributed by atoms with Crippen molar-refractivity contribution in [3.63, 3.8) is 0 Å². The Labute approximate surface area is 110 Å². The van der Waals surface area contributed by atoms with Crippen LogP contribution < -0.4 is 5.73 Å². The first-order chi connectivity index (χ1) is 8.98. The Bertz CT molecular complexity index is 413. The van der Waals surface area contributed by atoms with Gasteiger partial charge < -0.3 is 10.5 Å². The maximum atomic E-state index is 12.9. The molecule has 1 atom stereocenters. The molecule has 0 aromatic heterocycles. The van der Waals surface area contributed by atoms with E-state index in [2.05, 4.69) is 0 Å². The number of benzene rings is 1. The van der Waals surface area contributed by atoms with E-state index >= 15 is 0 Å². The van der Waals surface area contributed by atoms with Crippen LogP contribution in [-0.2, 0) is 10.9 Å². The predicted octanol–water partition coefficient (Wildman–Crippen LogP) is 3.52. The van der Waals surface area contributed by atoms with Crippen molar-refractivity contribution in [2.75, 3.05) is 13.2 Å². The normalized spacial score (nSPS) is 19.4. The summed E-state index contributed by atoms with van der Waals surface area (Å²) in [4.78, 5) is 0. The lowest BCUT2D eigenvalue weighted by atomic mass is 9.88. The van der Waals surface area contributed by atoms with Gasteiger partial charge in [0.1, 0.15) is 0 Å². The zero-order chi connectivity index (χ0) is 13.9. The van der Waals surface area contributed by atoms with Crippen molar-refractivity contribution in [1.82, 2.24) is 0 Å². The molecule has 1 unspecified atom stereocenters. The highest BCUT2D eigenvalue weighted by atomic mass is 19.4. The molecule has 1 fully saturated rings. The summed E-state index contributed by atoms with van der Waals surface area (Å²) in [5, 5.41) is 0. The van der Waals surface area contributed by atoms with Gasteiger partial charge in [-0.2, -0.15) is 13.2 Å². The third kappa shape index (κ3) is 3.70. The zero-order valence-electron chi connectivity index (χ0n) is 10.6. The van der Waals surface area contributed by atoms with Gasteiger partial charge in [0.05, 0.1) is 5.56 Å². The lowest BCUT2D eigenvalue weighted by molar-refractivity contribution is -0.138. The molecule has 1 aliphatic rings. The molecule has 0 spiro atoms. The van der Waals surface area contributed by atoms with Gasteiger partial charge in [0.15, 0.2) is 0 Å². The highest BCUT2D eigenvalue weighted by Crippen LogP contribution is 2.36. The average Bonchev–Trinajstić information content (AvgIpc) is 2.39. The molecule has 19 heavy (non-hydrogen) atoms. The minimum Gasteiger partial charge on any atom is -0.381 e. The minimum absolute atomic E-state index is 0.196. The van der Waals surface area contributed by atoms with Crippen LogP contribution in [0.4, 0.5) is 13.2 Å². The molecule has 1 aromatic carbocycles. The van der Waals surface area contributed by atoms with Crippen molar-refractivity contribution < 1.29 is 17.9 Å². The fraction of sp³-hybridized carbons (Fsp3) is 0.571. The molecule has 5 heteroatoms. The molecule has 2 nitrogen and oxygen atoms in total. The molecule has 106 valence electrons. The van der Waals surface area contributed by atoms with Gasteiger partial charge in [-0.25, -0.2) is 0 Å². The number of halogens is 3. The first kappa shape index (κ1) is 14.3. The van der Waals surface area contributed by atoms with Crippen LogP contribution in [-0.4, -0.2) is 13.2 Å². The number of hydrogen-bond acceptors (Lipinski definition) is 2. The standard InChI is InChI=1S/C14H18F3NO/c15-14(16,17)12-4-2-1-3-11(12)13(18)9-10-5-7-19-8-6-10/h1-4,10,13H,5-9,18H2. The third-order valence-electron chi connectivity index (χ3n) is 3.59. The van der Waals surface area contributed by atoms with Crippen molar-refractivity contribution in [3.05, 3.63) is 35.4 Å². The fourth-order valence-corrected chi connectivity index (χ4v) is 2.55. The van der Waals surface area contributed by atoms with Gasteiger partial charge in [0.25, 0.3) is 0 Å². The van der Waals surface area contributed by atoms with Crippen molar-refractivity contribution in [2.45, 2.75) is 31.5 Å². The van der Waals surface area contributed by atoms with Crippen molar-refractivity contribution >= 4 is 0 Å². The van der Waals surface area contributed by atoms with E-state index in [1.165, 1.54) is 12.1 Å². The maximum Gasteiger partial charge on any atom is 0.416 e. The van der Waals surface area contributed by atoms with Gasteiger partial charge >= 0.3 is 6.18 Å². The molecule has 0 bridgehead atoms. The second-order valence-corrected chi connectivity index (χ2v) is 4.98. The van der Waals surface area contributed by atoms with Crippen LogP contribution in [0.1, 0.15) is 36.4 Å². The van der Waals surface area contributed by atoms with Gasteiger partial charge in [0, 0.05) is 19.3 Å². The van der Waals surface area contributed by atoms with Crippen molar-refractivity contribution in [1.29, 1.82) is 0 Å². The van der Waals surface area contributed by atoms with Crippen LogP contribution in [0.25, 0.3) is 0 Å². The Morgan fingerprint density at radius 2 is 1.84 bits per heavy atom. The molecule has 0 saturated carbocycles. The summed E-state index contributed by atoms with van der Waals surface area (Å²) in [5.74, 6) is 0.352. The molecule has 1 saturated heterocycles. The molecule has 0 radical (unpaired) electrons. The van der Waals surface area contributed by atoms with Gasteiger partial charge in [-0.3, -0.25) is 0 Å². The Hall–Kier alpha value is -1.07. The molecule has 2 rings (SSSR count). The van der Waals surface area contributed by atoms with Gasteiger partial charge in [-0.15, -0.1) is 0 Å². The van der Waals surface area contributed by atoms with Crippen LogP contribution in [0.2, 0.25) is 0 Å². The summed E-state index contributed by atoms with van der Waals surface area (Å²) in [7, 11) is 0. The first-order valence-electron chi connectivity index (χ1n) is 6.48. The number of hydrogen-bond donors (Lipinski definition) is 1. The summed E-state index contributed by atoms with van der Waals surface area (Å²) >= 11 is 0. The molecule has 1 aliphatic heterocycles. The Kier molecular flexibility index (Phi) is 4.47. The van der Waals surface area contributed by atoms with Gasteiger partial charge in [-0.1, -0.05) is 18.2 Å². The largest absolute Gasteiger partial charge is 0.416 e. The zero-order valence-corrected chi connectivity index (χ0v) is 10.6. The van der Waals surface area contributed by atoms with Crippen LogP contribution in [0.3, 0.4) is 0 Å². The lowest BCUT2D eigenvalue weighted by Crippen LogP contribution is -2.23. The Morgan fingerprint density at radius 1 is 1.21 bits per heavy atom. The van der Waals surface area contributed by atoms with E-state index in [-0.39, 0.29) is 5.56 Å². The third-order valence-corrected chi connectivity index (χ3v) is 3.59. The quantitative estimate of drug-likeness (QED) is 0.914. The Balaban J connectivity index is 2.12. The van der Waals surface area contributed by atoms with Gasteiger partial charge in [0.2, 0.25) is 0 Å². The monoisotopic (exact) mass is 273 g/mol. The number of ether oxygens (including phenoxy) is 1. The second kappa shape index (κ2) is 5.92. The van der Waals surface area contributed by atoms with E-state index < -0.39 is 17.8 Å². The van der Waals surface area contributed by atoms with E-state index in [0.717, 1.165) is 18.9 Å². The summed E-state index contributed by atoms with van der Waals surface area (Å²) in [6, 6.07) is 5.01. The fourth-order valence-electron chi connectivity index (χ4n) is 2.55. The molecule has 1 aromatic rings. The summed E-state index contributed by atoms with van der Waals surface area (Å²) < 4.78 is 44.0. The summed E-state index contributed by atoms with van der Waals surface area (Å²) in [5.41, 5.74) is 5.56. The molecule has 2 N–H and O–H groups in total. The lowest BCUT2D eigenvalue weighted by Gasteiger charge is -2.26. The number of alkyl halides is 3. The number of rotatable bonds is 3. The Morgan fingerprint density at radius 3 is 2.47 bits per heavy atom. The van der Waals surface area contributed by atoms with E-state index in [1.54, 1.807) is 6.07 Å². The van der Waals surface area contributed by atoms with Crippen molar-refractivity contribution in [3.8, 4) is 0 Å². The van der Waals surface area contributed by atoms with Crippen LogP contribution >= 0.6 is 0 Å². The topological polar surface area (TPSA) is 35.2 Å². The van der Waals surface area contributed by atoms with E-state index in [4.69, 9.17) is 10.5 Å². The highest BCUT2D eigenvalue weighted by Gasteiger charge is 2.34. The van der Waals surface area contributed by atoms with Crippen LogP contribution in [0.15, 0.2) is 24.3 Å². The first-order valence-corrected chi connectivity index (χ1v) is 6.48. The van der Waals surface area contributed by atoms with E-state index in [9.17, 15) is 13.2 Å². The summed E-state index contributed by atoms with van der Waals surface area (Å²) in [6.45, 7) is 1.36. The summed E-state index contributed by atoms with van der Waals surface area (Å²) in [6.07, 6.45) is -2.01. The average molecular weight is 273 g/mol. The molecule has 0 amide bonds. The highest BCUT2D eigenvalue weighted by molar-refractivity contribution is 5.32. The van der Waals surface area contributed by atoms with Crippen LogP contribution in [0.5, 0.6) is 0 Å². The minimum atomic E-state index is -4.34. The smallest absolute Gasteiger partial charge is 0.381 e. The molecule has 1 heterocycles. The van der Waals surface area contributed by atoms with Gasteiger partial charge in [-0.05, 0) is 36.8 Å². The molecular weight excluding hydrogens is 255 g/mol. The molecule has 0 aliphatic carbocycles. The van der Waals surface area contributed by atoms with Crippen molar-refractivity contribution in [2.24, 2.45) is 11.7 Å².